The summed E-state index contributed by atoms with van der Waals surface area (Å²) in [6, 6.07) is 7.47. The van der Waals surface area contributed by atoms with E-state index in [-0.39, 0.29) is 16.8 Å². The minimum atomic E-state index is -0.745. The number of para-hydroxylation sites is 1. The summed E-state index contributed by atoms with van der Waals surface area (Å²) < 4.78 is 6.04. The molecule has 23 heavy (non-hydrogen) atoms. The number of nitrogen functional groups attached to an aromatic ring is 1. The number of thiol groups is 1. The number of benzene rings is 1. The summed E-state index contributed by atoms with van der Waals surface area (Å²) in [5.41, 5.74) is 6.88. The van der Waals surface area contributed by atoms with Gasteiger partial charge < -0.3 is 15.3 Å². The molecule has 0 aliphatic carbocycles. The standard InChI is InChI=1S/C13H10N4O3S3/c14-12-15-7(6-22-12)5-19-17-10(21)11(18)20-13-16-8-3-1-2-4-9(8)23-13/h1-4,6H,5H2,(H2,14,15)(H,17,21). The van der Waals surface area contributed by atoms with Gasteiger partial charge in [0.15, 0.2) is 11.7 Å². The van der Waals surface area contributed by atoms with Gasteiger partial charge in [0.1, 0.15) is 0 Å². The average Bonchev–Trinajstić information content (AvgIpc) is 3.12. The van der Waals surface area contributed by atoms with E-state index in [1.54, 1.807) is 5.38 Å². The summed E-state index contributed by atoms with van der Waals surface area (Å²) in [4.78, 5) is 25.0. The monoisotopic (exact) mass is 366 g/mol. The third-order valence-corrected chi connectivity index (χ3v) is 4.47. The van der Waals surface area contributed by atoms with Crippen molar-refractivity contribution >= 4 is 61.7 Å². The van der Waals surface area contributed by atoms with E-state index < -0.39 is 5.97 Å². The van der Waals surface area contributed by atoms with Gasteiger partial charge in [-0.3, -0.25) is 0 Å². The number of carbonyl (C=O) groups excluding carboxylic acids is 1. The number of nitrogens with zero attached hydrogens (tertiary/aromatic N) is 3. The molecule has 0 fully saturated rings. The second-order valence-corrected chi connectivity index (χ2v) is 6.51. The fourth-order valence-corrected chi connectivity index (χ4v) is 3.07. The Hall–Kier alpha value is -2.17. The predicted molar refractivity (Wildman–Crippen MR) is 93.0 cm³/mol. The van der Waals surface area contributed by atoms with Crippen LogP contribution in [0.3, 0.4) is 0 Å². The van der Waals surface area contributed by atoms with Crippen LogP contribution in [0.2, 0.25) is 0 Å². The van der Waals surface area contributed by atoms with Crippen molar-refractivity contribution in [3.8, 4) is 5.19 Å². The van der Waals surface area contributed by atoms with Crippen LogP contribution in [0, 0.1) is 0 Å². The number of nitrogens with two attached hydrogens (primary N) is 1. The van der Waals surface area contributed by atoms with E-state index >= 15 is 0 Å². The molecule has 10 heteroatoms. The maximum atomic E-state index is 11.9. The summed E-state index contributed by atoms with van der Waals surface area (Å²) in [7, 11) is 0. The molecule has 0 aliphatic rings. The van der Waals surface area contributed by atoms with E-state index in [1.165, 1.54) is 22.7 Å². The molecule has 0 atom stereocenters. The molecule has 0 unspecified atom stereocenters. The van der Waals surface area contributed by atoms with Crippen molar-refractivity contribution in [3.05, 3.63) is 35.3 Å². The van der Waals surface area contributed by atoms with Gasteiger partial charge >= 0.3 is 5.97 Å². The topological polar surface area (TPSA) is 99.7 Å². The molecule has 3 aromatic rings. The molecule has 0 saturated heterocycles. The lowest BCUT2D eigenvalue weighted by Crippen LogP contribution is -2.16. The molecule has 0 aliphatic heterocycles. The van der Waals surface area contributed by atoms with Crippen molar-refractivity contribution in [1.29, 1.82) is 0 Å². The SMILES string of the molecule is Nc1nc(CON=C(S)C(=O)Oc2nc3ccccc3s2)cs1. The zero-order chi connectivity index (χ0) is 16.2. The molecule has 7 nitrogen and oxygen atoms in total. The highest BCUT2D eigenvalue weighted by atomic mass is 32.1. The lowest BCUT2D eigenvalue weighted by molar-refractivity contribution is -0.126. The molecule has 0 radical (unpaired) electrons. The Morgan fingerprint density at radius 3 is 2.91 bits per heavy atom. The van der Waals surface area contributed by atoms with Crippen LogP contribution in [0.25, 0.3) is 10.2 Å². The zero-order valence-electron chi connectivity index (χ0n) is 11.5. The van der Waals surface area contributed by atoms with E-state index in [2.05, 4.69) is 27.8 Å². The average molecular weight is 366 g/mol. The third-order valence-electron chi connectivity index (χ3n) is 2.57. The summed E-state index contributed by atoms with van der Waals surface area (Å²) >= 11 is 6.51. The molecule has 3 rings (SSSR count). The first kappa shape index (κ1) is 15.7. The maximum Gasteiger partial charge on any atom is 0.374 e. The van der Waals surface area contributed by atoms with E-state index in [0.29, 0.717) is 10.8 Å². The smallest absolute Gasteiger partial charge is 0.374 e. The summed E-state index contributed by atoms with van der Waals surface area (Å²) in [5, 5.41) is 5.77. The van der Waals surface area contributed by atoms with Gasteiger partial charge in [0.25, 0.3) is 5.19 Å². The quantitative estimate of drug-likeness (QED) is 0.237. The number of hydrogen-bond acceptors (Lipinski definition) is 9. The van der Waals surface area contributed by atoms with Crippen LogP contribution >= 0.6 is 35.3 Å². The van der Waals surface area contributed by atoms with Gasteiger partial charge in [-0.05, 0) is 12.1 Å². The highest BCUT2D eigenvalue weighted by molar-refractivity contribution is 7.99. The number of oxime groups is 1. The van der Waals surface area contributed by atoms with E-state index in [0.717, 1.165) is 10.2 Å². The van der Waals surface area contributed by atoms with Gasteiger partial charge in [0.2, 0.25) is 5.04 Å². The minimum absolute atomic E-state index is 0.0895. The lowest BCUT2D eigenvalue weighted by Gasteiger charge is -1.99. The Balaban J connectivity index is 1.59. The number of anilines is 1. The molecule has 2 heterocycles. The van der Waals surface area contributed by atoms with Crippen molar-refractivity contribution in [3.63, 3.8) is 0 Å². The van der Waals surface area contributed by atoms with E-state index in [1.807, 2.05) is 24.3 Å². The van der Waals surface area contributed by atoms with Crippen LogP contribution in [0.1, 0.15) is 5.69 Å². The van der Waals surface area contributed by atoms with Gasteiger partial charge in [0, 0.05) is 5.38 Å². The molecular weight excluding hydrogens is 356 g/mol. The highest BCUT2D eigenvalue weighted by Crippen LogP contribution is 2.27. The number of rotatable bonds is 5. The van der Waals surface area contributed by atoms with Crippen LogP contribution < -0.4 is 10.5 Å². The van der Waals surface area contributed by atoms with Crippen LogP contribution in [-0.4, -0.2) is 21.0 Å². The normalized spacial score (nSPS) is 11.6. The first-order chi connectivity index (χ1) is 11.1. The number of fused-ring (bicyclic) bond motifs is 1. The second kappa shape index (κ2) is 6.94. The third kappa shape index (κ3) is 3.97. The Kier molecular flexibility index (Phi) is 4.74. The van der Waals surface area contributed by atoms with E-state index in [4.69, 9.17) is 15.3 Å². The van der Waals surface area contributed by atoms with Crippen molar-refractivity contribution in [2.75, 3.05) is 5.73 Å². The number of carbonyl (C=O) groups is 1. The zero-order valence-corrected chi connectivity index (χ0v) is 14.0. The lowest BCUT2D eigenvalue weighted by atomic mass is 10.3. The van der Waals surface area contributed by atoms with Crippen LogP contribution in [-0.2, 0) is 16.2 Å². The van der Waals surface area contributed by atoms with Gasteiger partial charge in [-0.15, -0.1) is 24.0 Å². The Morgan fingerprint density at radius 1 is 1.35 bits per heavy atom. The molecule has 2 N–H and O–H groups in total. The fraction of sp³-hybridized carbons (Fsp3) is 0.0769. The molecular formula is C13H10N4O3S3. The minimum Gasteiger partial charge on any atom is -0.393 e. The Bertz CT molecular complexity index is 841. The number of aromatic nitrogens is 2. The molecule has 2 aromatic heterocycles. The Morgan fingerprint density at radius 2 is 2.17 bits per heavy atom. The van der Waals surface area contributed by atoms with Crippen molar-refractivity contribution in [2.45, 2.75) is 6.61 Å². The number of hydrogen-bond donors (Lipinski definition) is 2. The van der Waals surface area contributed by atoms with Crippen molar-refractivity contribution < 1.29 is 14.4 Å². The second-order valence-electron chi connectivity index (χ2n) is 4.20. The first-order valence-electron chi connectivity index (χ1n) is 6.28. The summed E-state index contributed by atoms with van der Waals surface area (Å²) in [6.07, 6.45) is 0. The van der Waals surface area contributed by atoms with Gasteiger partial charge in [-0.25, -0.2) is 14.8 Å². The Labute approximate surface area is 144 Å². The molecule has 0 saturated carbocycles. The van der Waals surface area contributed by atoms with Gasteiger partial charge in [-0.1, -0.05) is 28.6 Å². The van der Waals surface area contributed by atoms with Gasteiger partial charge in [-0.2, -0.15) is 0 Å². The largest absolute Gasteiger partial charge is 0.393 e. The predicted octanol–water partition coefficient (Wildman–Crippen LogP) is 2.70. The van der Waals surface area contributed by atoms with Crippen LogP contribution in [0.15, 0.2) is 34.8 Å². The van der Waals surface area contributed by atoms with E-state index in [9.17, 15) is 4.79 Å². The molecule has 1 aromatic carbocycles. The fourth-order valence-electron chi connectivity index (χ4n) is 1.61. The number of ether oxygens (including phenoxy) is 1. The molecule has 0 bridgehead atoms. The molecule has 0 spiro atoms. The van der Waals surface area contributed by atoms with Crippen molar-refractivity contribution in [1.82, 2.24) is 9.97 Å². The molecule has 0 amide bonds. The van der Waals surface area contributed by atoms with Gasteiger partial charge in [0.05, 0.1) is 15.9 Å². The van der Waals surface area contributed by atoms with Crippen LogP contribution in [0.5, 0.6) is 5.19 Å². The maximum absolute atomic E-state index is 11.9. The van der Waals surface area contributed by atoms with Crippen molar-refractivity contribution in [2.24, 2.45) is 5.16 Å². The number of esters is 1. The summed E-state index contributed by atoms with van der Waals surface area (Å²) in [5.74, 6) is -0.745. The first-order valence-corrected chi connectivity index (χ1v) is 8.42. The summed E-state index contributed by atoms with van der Waals surface area (Å²) in [6.45, 7) is 0.0895. The number of thiazole rings is 2. The van der Waals surface area contributed by atoms with Crippen LogP contribution in [0.4, 0.5) is 5.13 Å². The molecule has 118 valence electrons. The highest BCUT2D eigenvalue weighted by Gasteiger charge is 2.14.